The summed E-state index contributed by atoms with van der Waals surface area (Å²) < 4.78 is 109. The topological polar surface area (TPSA) is 123 Å². The maximum Gasteiger partial charge on any atom is 0.458 e. The molecular formula is C33H21F9N6O3. The molecule has 18 heteroatoms. The number of hydrogen-bond acceptors (Lipinski definition) is 6. The van der Waals surface area contributed by atoms with Crippen LogP contribution >= 0.6 is 0 Å². The number of carbonyl (C=O) groups excluding carboxylic acids is 3. The van der Waals surface area contributed by atoms with E-state index in [2.05, 4.69) is 25.3 Å². The molecule has 0 atom stereocenters. The molecule has 1 amide bonds. The van der Waals surface area contributed by atoms with Crippen molar-refractivity contribution in [2.75, 3.05) is 5.32 Å². The lowest BCUT2D eigenvalue weighted by molar-refractivity contribution is -0.193. The Morgan fingerprint density at radius 3 is 2.08 bits per heavy atom. The molecular weight excluding hydrogens is 699 g/mol. The van der Waals surface area contributed by atoms with Crippen molar-refractivity contribution in [3.8, 4) is 16.8 Å². The van der Waals surface area contributed by atoms with Gasteiger partial charge in [-0.15, -0.1) is 0 Å². The van der Waals surface area contributed by atoms with E-state index >= 15 is 0 Å². The zero-order valence-corrected chi connectivity index (χ0v) is 25.9. The number of aromatic amines is 1. The number of carbonyl (C=O) groups is 3. The van der Waals surface area contributed by atoms with Gasteiger partial charge in [-0.25, -0.2) is 15.0 Å². The first-order valence-electron chi connectivity index (χ1n) is 14.3. The average molecular weight is 721 g/mol. The summed E-state index contributed by atoms with van der Waals surface area (Å²) in [6, 6.07) is 14.6. The molecule has 264 valence electrons. The van der Waals surface area contributed by atoms with Crippen LogP contribution < -0.4 is 5.32 Å². The van der Waals surface area contributed by atoms with Crippen LogP contribution in [-0.2, 0) is 15.8 Å². The van der Waals surface area contributed by atoms with Crippen LogP contribution in [0, 0.1) is 13.8 Å². The molecule has 0 aliphatic heterocycles. The Balaban J connectivity index is 0.000000362. The van der Waals surface area contributed by atoms with Gasteiger partial charge < -0.3 is 14.9 Å². The lowest BCUT2D eigenvalue weighted by Gasteiger charge is -2.14. The predicted octanol–water partition coefficient (Wildman–Crippen LogP) is 8.10. The van der Waals surface area contributed by atoms with Crippen molar-refractivity contribution in [3.05, 3.63) is 102 Å². The second-order valence-electron chi connectivity index (χ2n) is 11.0. The number of nitrogens with one attached hydrogen (secondary N) is 2. The SMILES string of the molecule is Cc1cn(-c2cc(C(=O)Nc3ccc(C)c(-c4ccc5c(c4)[nH]c4ncncc45)c3)cc(C(F)(F)F)c2)cn1.O=C(C(=O)C(F)(F)F)C(F)(F)F. The van der Waals surface area contributed by atoms with E-state index in [-0.39, 0.29) is 11.3 Å². The number of amides is 1. The first kappa shape index (κ1) is 36.2. The summed E-state index contributed by atoms with van der Waals surface area (Å²) >= 11 is 0. The molecule has 0 radical (unpaired) electrons. The van der Waals surface area contributed by atoms with Gasteiger partial charge in [-0.3, -0.25) is 14.4 Å². The highest BCUT2D eigenvalue weighted by Gasteiger charge is 2.54. The Morgan fingerprint density at radius 2 is 1.47 bits per heavy atom. The van der Waals surface area contributed by atoms with E-state index in [9.17, 15) is 53.9 Å². The molecule has 0 aliphatic rings. The maximum atomic E-state index is 13.7. The Labute approximate surface area is 280 Å². The first-order valence-corrected chi connectivity index (χ1v) is 14.3. The van der Waals surface area contributed by atoms with Crippen LogP contribution in [0.5, 0.6) is 0 Å². The first-order chi connectivity index (χ1) is 23.7. The molecule has 3 aromatic heterocycles. The molecule has 6 aromatic rings. The normalized spacial score (nSPS) is 12.1. The summed E-state index contributed by atoms with van der Waals surface area (Å²) in [6.07, 6.45) is -9.91. The number of benzene rings is 3. The Morgan fingerprint density at radius 1 is 0.784 bits per heavy atom. The van der Waals surface area contributed by atoms with Crippen LogP contribution in [0.25, 0.3) is 38.8 Å². The van der Waals surface area contributed by atoms with Gasteiger partial charge in [0.05, 0.1) is 17.6 Å². The second-order valence-corrected chi connectivity index (χ2v) is 11.0. The smallest absolute Gasteiger partial charge is 0.339 e. The lowest BCUT2D eigenvalue weighted by atomic mass is 9.98. The fourth-order valence-corrected chi connectivity index (χ4v) is 4.89. The summed E-state index contributed by atoms with van der Waals surface area (Å²) in [5.74, 6) is -7.47. The third-order valence-corrected chi connectivity index (χ3v) is 7.32. The molecule has 3 heterocycles. The van der Waals surface area contributed by atoms with Crippen LogP contribution in [0.1, 0.15) is 27.2 Å². The van der Waals surface area contributed by atoms with Gasteiger partial charge in [0.1, 0.15) is 12.0 Å². The lowest BCUT2D eigenvalue weighted by Crippen LogP contribution is -2.39. The minimum absolute atomic E-state index is 0.117. The molecule has 0 spiro atoms. The number of aromatic nitrogens is 5. The van der Waals surface area contributed by atoms with Crippen LogP contribution in [0.4, 0.5) is 45.2 Å². The van der Waals surface area contributed by atoms with Gasteiger partial charge in [-0.05, 0) is 66.9 Å². The molecule has 0 unspecified atom stereocenters. The van der Waals surface area contributed by atoms with Gasteiger partial charge in [0.15, 0.2) is 0 Å². The van der Waals surface area contributed by atoms with Crippen LogP contribution in [-0.4, -0.2) is 54.3 Å². The second kappa shape index (κ2) is 13.3. The van der Waals surface area contributed by atoms with Crippen molar-refractivity contribution in [1.29, 1.82) is 0 Å². The zero-order valence-electron chi connectivity index (χ0n) is 25.9. The van der Waals surface area contributed by atoms with Crippen LogP contribution in [0.3, 0.4) is 0 Å². The molecule has 2 N–H and O–H groups in total. The summed E-state index contributed by atoms with van der Waals surface area (Å²) in [6.45, 7) is 3.69. The van der Waals surface area contributed by atoms with Gasteiger partial charge in [-0.1, -0.05) is 18.2 Å². The van der Waals surface area contributed by atoms with Crippen molar-refractivity contribution in [3.63, 3.8) is 0 Å². The van der Waals surface area contributed by atoms with E-state index in [1.54, 1.807) is 25.4 Å². The van der Waals surface area contributed by atoms with Crippen LogP contribution in [0.2, 0.25) is 0 Å². The minimum Gasteiger partial charge on any atom is -0.339 e. The van der Waals surface area contributed by atoms with E-state index in [1.165, 1.54) is 23.3 Å². The minimum atomic E-state index is -5.77. The molecule has 0 bridgehead atoms. The number of Topliss-reactive ketones (excluding diaryl/α,β-unsaturated/α-hetero) is 2. The van der Waals surface area contributed by atoms with Gasteiger partial charge in [0.2, 0.25) is 0 Å². The van der Waals surface area contributed by atoms with Crippen molar-refractivity contribution in [1.82, 2.24) is 24.5 Å². The predicted molar refractivity (Wildman–Crippen MR) is 165 cm³/mol. The Kier molecular flexibility index (Phi) is 9.47. The summed E-state index contributed by atoms with van der Waals surface area (Å²) in [5, 5.41) is 4.67. The summed E-state index contributed by atoms with van der Waals surface area (Å²) in [5.41, 5.74) is 4.64. The fraction of sp³-hybridized carbons (Fsp3) is 0.152. The van der Waals surface area contributed by atoms with Gasteiger partial charge in [-0.2, -0.15) is 39.5 Å². The number of imidazole rings is 1. The quantitative estimate of drug-likeness (QED) is 0.137. The summed E-state index contributed by atoms with van der Waals surface area (Å²) in [4.78, 5) is 48.1. The highest BCUT2D eigenvalue weighted by atomic mass is 19.4. The van der Waals surface area contributed by atoms with E-state index in [0.29, 0.717) is 11.4 Å². The molecule has 6 rings (SSSR count). The third-order valence-electron chi connectivity index (χ3n) is 7.32. The molecule has 0 fully saturated rings. The molecule has 9 nitrogen and oxygen atoms in total. The van der Waals surface area contributed by atoms with E-state index < -0.39 is 41.6 Å². The standard InChI is InChI=1S/C29H21F3N6O.C4F6O2/c1-16-3-5-21(11-24(16)18-4-6-23-25-12-33-14-34-27(25)37-26(23)9-18)36-28(39)19-7-20(29(30,31)32)10-22(8-19)38-13-17(2)35-15-38;5-3(6,7)1(11)2(12)4(8,9)10/h3-15H,1-2H3,(H,36,39)(H,33,34,37);. The van der Waals surface area contributed by atoms with Crippen molar-refractivity contribution >= 4 is 45.1 Å². The van der Waals surface area contributed by atoms with E-state index in [1.807, 2.05) is 37.3 Å². The monoisotopic (exact) mass is 720 g/mol. The average Bonchev–Trinajstić information content (AvgIpc) is 3.66. The number of H-pyrrole nitrogens is 1. The number of alkyl halides is 9. The number of anilines is 1. The number of nitrogens with zero attached hydrogens (tertiary/aromatic N) is 4. The molecule has 0 saturated carbocycles. The Bertz CT molecular complexity index is 2280. The van der Waals surface area contributed by atoms with Crippen molar-refractivity contribution in [2.45, 2.75) is 32.4 Å². The van der Waals surface area contributed by atoms with Gasteiger partial charge in [0.25, 0.3) is 5.91 Å². The number of halogens is 9. The number of aryl methyl sites for hydroxylation is 2. The number of fused-ring (bicyclic) bond motifs is 3. The highest BCUT2D eigenvalue weighted by molar-refractivity contribution is 6.41. The largest absolute Gasteiger partial charge is 0.458 e. The number of ketones is 2. The van der Waals surface area contributed by atoms with Gasteiger partial charge >= 0.3 is 30.1 Å². The fourth-order valence-electron chi connectivity index (χ4n) is 4.89. The molecule has 51 heavy (non-hydrogen) atoms. The number of rotatable bonds is 5. The van der Waals surface area contributed by atoms with Crippen molar-refractivity contribution < 1.29 is 53.9 Å². The van der Waals surface area contributed by atoms with Gasteiger partial charge in [0, 0.05) is 45.6 Å². The van der Waals surface area contributed by atoms with E-state index in [0.717, 1.165) is 50.8 Å². The molecule has 0 aliphatic carbocycles. The Hall–Kier alpha value is -6.07. The van der Waals surface area contributed by atoms with E-state index in [4.69, 9.17) is 0 Å². The zero-order chi connectivity index (χ0) is 37.5. The summed E-state index contributed by atoms with van der Waals surface area (Å²) in [7, 11) is 0. The number of hydrogen-bond donors (Lipinski definition) is 2. The van der Waals surface area contributed by atoms with Crippen molar-refractivity contribution in [2.24, 2.45) is 0 Å². The molecule has 3 aromatic carbocycles. The van der Waals surface area contributed by atoms with Crippen LogP contribution in [0.15, 0.2) is 79.6 Å². The third kappa shape index (κ3) is 8.05. The maximum absolute atomic E-state index is 13.7. The highest BCUT2D eigenvalue weighted by Crippen LogP contribution is 2.34. The molecule has 0 saturated heterocycles.